The molecular formula is C16H23FN2O2. The average molecular weight is 294 g/mol. The zero-order valence-electron chi connectivity index (χ0n) is 12.6. The van der Waals surface area contributed by atoms with Crippen molar-refractivity contribution < 1.29 is 14.3 Å². The topological polar surface area (TPSA) is 75.3 Å². The van der Waals surface area contributed by atoms with Crippen molar-refractivity contribution in [1.82, 2.24) is 5.32 Å². The Morgan fingerprint density at radius 1 is 1.33 bits per heavy atom. The number of anilines is 1. The average Bonchev–Trinajstić information content (AvgIpc) is 2.43. The molecule has 0 spiro atoms. The number of aliphatic hydroxyl groups is 1. The first kappa shape index (κ1) is 15.8. The van der Waals surface area contributed by atoms with Crippen molar-refractivity contribution in [2.45, 2.75) is 45.1 Å². The van der Waals surface area contributed by atoms with Crippen LogP contribution in [-0.2, 0) is 0 Å². The Kier molecular flexibility index (Phi) is 4.23. The number of carbonyl (C=O) groups is 1. The highest BCUT2D eigenvalue weighted by Gasteiger charge is 2.36. The van der Waals surface area contributed by atoms with E-state index >= 15 is 0 Å². The zero-order chi connectivity index (χ0) is 15.7. The van der Waals surface area contributed by atoms with Gasteiger partial charge in [0.15, 0.2) is 0 Å². The van der Waals surface area contributed by atoms with Crippen molar-refractivity contribution in [3.8, 4) is 0 Å². The van der Waals surface area contributed by atoms with E-state index in [2.05, 4.69) is 19.2 Å². The van der Waals surface area contributed by atoms with E-state index in [0.717, 1.165) is 12.8 Å². The Bertz CT molecular complexity index is 533. The highest BCUT2D eigenvalue weighted by molar-refractivity contribution is 5.99. The lowest BCUT2D eigenvalue weighted by Gasteiger charge is -2.40. The van der Waals surface area contributed by atoms with Crippen LogP contribution < -0.4 is 11.1 Å². The largest absolute Gasteiger partial charge is 0.396 e. The van der Waals surface area contributed by atoms with Gasteiger partial charge in [-0.05, 0) is 43.2 Å². The summed E-state index contributed by atoms with van der Waals surface area (Å²) < 4.78 is 13.3. The number of carbonyl (C=O) groups excluding carboxylic acids is 1. The Labute approximate surface area is 124 Å². The Morgan fingerprint density at radius 3 is 2.57 bits per heavy atom. The molecule has 0 aliphatic heterocycles. The van der Waals surface area contributed by atoms with Gasteiger partial charge in [-0.2, -0.15) is 0 Å². The van der Waals surface area contributed by atoms with E-state index in [-0.39, 0.29) is 23.2 Å². The minimum Gasteiger partial charge on any atom is -0.396 e. The summed E-state index contributed by atoms with van der Waals surface area (Å²) in [6, 6.07) is 4.13. The van der Waals surface area contributed by atoms with Gasteiger partial charge < -0.3 is 16.2 Å². The minimum atomic E-state index is -0.882. The summed E-state index contributed by atoms with van der Waals surface area (Å²) in [4.78, 5) is 12.1. The fraction of sp³-hybridized carbons (Fsp3) is 0.562. The second-order valence-corrected chi connectivity index (χ2v) is 6.77. The predicted molar refractivity (Wildman–Crippen MR) is 80.3 cm³/mol. The zero-order valence-corrected chi connectivity index (χ0v) is 12.6. The maximum Gasteiger partial charge on any atom is 0.253 e. The predicted octanol–water partition coefficient (Wildman–Crippen LogP) is 2.47. The molecule has 2 rings (SSSR count). The second kappa shape index (κ2) is 5.64. The molecule has 5 heteroatoms. The number of nitrogens with one attached hydrogen (secondary N) is 1. The molecule has 21 heavy (non-hydrogen) atoms. The van der Waals surface area contributed by atoms with E-state index in [9.17, 15) is 14.3 Å². The number of nitrogen functional groups attached to an aromatic ring is 1. The molecule has 1 aromatic carbocycles. The molecule has 0 heterocycles. The monoisotopic (exact) mass is 294 g/mol. The van der Waals surface area contributed by atoms with Crippen LogP contribution in [0.15, 0.2) is 18.2 Å². The molecule has 116 valence electrons. The molecule has 1 saturated carbocycles. The number of hydrogen-bond donors (Lipinski definition) is 3. The van der Waals surface area contributed by atoms with Crippen LogP contribution in [0.5, 0.6) is 0 Å². The van der Waals surface area contributed by atoms with E-state index in [1.807, 2.05) is 0 Å². The summed E-state index contributed by atoms with van der Waals surface area (Å²) in [5, 5.41) is 13.2. The highest BCUT2D eigenvalue weighted by Crippen LogP contribution is 2.39. The third-order valence-corrected chi connectivity index (χ3v) is 4.41. The Hall–Kier alpha value is -1.62. The molecular weight excluding hydrogens is 271 g/mol. The summed E-state index contributed by atoms with van der Waals surface area (Å²) in [5.41, 5.74) is 4.87. The molecule has 0 aromatic heterocycles. The van der Waals surface area contributed by atoms with Crippen LogP contribution in [0.1, 0.15) is 49.9 Å². The van der Waals surface area contributed by atoms with Gasteiger partial charge in [0, 0.05) is 6.54 Å². The SMILES string of the molecule is CC1(C)CCC(O)(CNC(=O)c2cccc(F)c2N)CC1. The Balaban J connectivity index is 1.97. The molecule has 1 fully saturated rings. The van der Waals surface area contributed by atoms with Gasteiger partial charge in [0.2, 0.25) is 0 Å². The van der Waals surface area contributed by atoms with E-state index in [1.165, 1.54) is 18.2 Å². The van der Waals surface area contributed by atoms with E-state index in [4.69, 9.17) is 5.73 Å². The first-order valence-electron chi connectivity index (χ1n) is 7.27. The first-order valence-corrected chi connectivity index (χ1v) is 7.27. The highest BCUT2D eigenvalue weighted by atomic mass is 19.1. The molecule has 4 N–H and O–H groups in total. The molecule has 1 amide bonds. The van der Waals surface area contributed by atoms with Crippen molar-refractivity contribution in [3.63, 3.8) is 0 Å². The van der Waals surface area contributed by atoms with Gasteiger partial charge in [0.05, 0.1) is 16.9 Å². The first-order chi connectivity index (χ1) is 9.72. The van der Waals surface area contributed by atoms with Gasteiger partial charge in [-0.3, -0.25) is 4.79 Å². The summed E-state index contributed by atoms with van der Waals surface area (Å²) in [7, 11) is 0. The van der Waals surface area contributed by atoms with Crippen LogP contribution in [0.3, 0.4) is 0 Å². The molecule has 0 atom stereocenters. The van der Waals surface area contributed by atoms with Crippen LogP contribution in [0.4, 0.5) is 10.1 Å². The molecule has 0 bridgehead atoms. The van der Waals surface area contributed by atoms with Crippen molar-refractivity contribution in [1.29, 1.82) is 0 Å². The van der Waals surface area contributed by atoms with Crippen molar-refractivity contribution in [2.24, 2.45) is 5.41 Å². The third-order valence-electron chi connectivity index (χ3n) is 4.41. The van der Waals surface area contributed by atoms with Gasteiger partial charge in [0.1, 0.15) is 5.82 Å². The molecule has 1 aromatic rings. The third kappa shape index (κ3) is 3.73. The molecule has 1 aliphatic rings. The van der Waals surface area contributed by atoms with E-state index in [0.29, 0.717) is 12.8 Å². The summed E-state index contributed by atoms with van der Waals surface area (Å²) in [6.07, 6.45) is 3.14. The molecule has 4 nitrogen and oxygen atoms in total. The molecule has 0 radical (unpaired) electrons. The van der Waals surface area contributed by atoms with Crippen molar-refractivity contribution in [3.05, 3.63) is 29.6 Å². The number of nitrogens with two attached hydrogens (primary N) is 1. The molecule has 1 aliphatic carbocycles. The number of hydrogen-bond acceptors (Lipinski definition) is 3. The minimum absolute atomic E-state index is 0.106. The van der Waals surface area contributed by atoms with Gasteiger partial charge in [-0.15, -0.1) is 0 Å². The lowest BCUT2D eigenvalue weighted by molar-refractivity contribution is -0.0233. The van der Waals surface area contributed by atoms with Crippen molar-refractivity contribution >= 4 is 11.6 Å². The maximum atomic E-state index is 13.3. The number of rotatable bonds is 3. The van der Waals surface area contributed by atoms with Gasteiger partial charge in [-0.25, -0.2) is 4.39 Å². The summed E-state index contributed by atoms with van der Waals surface area (Å²) >= 11 is 0. The van der Waals surface area contributed by atoms with Crippen LogP contribution in [-0.4, -0.2) is 23.2 Å². The second-order valence-electron chi connectivity index (χ2n) is 6.77. The van der Waals surface area contributed by atoms with Crippen LogP contribution in [0.2, 0.25) is 0 Å². The normalized spacial score (nSPS) is 20.0. The number of amides is 1. The van der Waals surface area contributed by atoms with Gasteiger partial charge in [0.25, 0.3) is 5.91 Å². The maximum absolute atomic E-state index is 13.3. The molecule has 0 unspecified atom stereocenters. The summed E-state index contributed by atoms with van der Waals surface area (Å²) in [6.45, 7) is 4.52. The van der Waals surface area contributed by atoms with Gasteiger partial charge >= 0.3 is 0 Å². The van der Waals surface area contributed by atoms with Gasteiger partial charge in [-0.1, -0.05) is 19.9 Å². The summed E-state index contributed by atoms with van der Waals surface area (Å²) in [5.74, 6) is -1.06. The fourth-order valence-corrected chi connectivity index (χ4v) is 2.64. The fourth-order valence-electron chi connectivity index (χ4n) is 2.64. The van der Waals surface area contributed by atoms with E-state index < -0.39 is 17.3 Å². The van der Waals surface area contributed by atoms with Crippen molar-refractivity contribution in [2.75, 3.05) is 12.3 Å². The number of halogens is 1. The smallest absolute Gasteiger partial charge is 0.253 e. The quantitative estimate of drug-likeness (QED) is 0.750. The van der Waals surface area contributed by atoms with Crippen LogP contribution in [0.25, 0.3) is 0 Å². The van der Waals surface area contributed by atoms with E-state index in [1.54, 1.807) is 0 Å². The molecule has 0 saturated heterocycles. The number of benzene rings is 1. The standard InChI is InChI=1S/C16H23FN2O2/c1-15(2)6-8-16(21,9-7-15)10-19-14(20)11-4-3-5-12(17)13(11)18/h3-5,21H,6-10,18H2,1-2H3,(H,19,20). The number of para-hydroxylation sites is 1. The van der Waals surface area contributed by atoms with Crippen LogP contribution in [0, 0.1) is 11.2 Å². The lowest BCUT2D eigenvalue weighted by atomic mass is 9.71. The lowest BCUT2D eigenvalue weighted by Crippen LogP contribution is -2.46. The Morgan fingerprint density at radius 2 is 1.95 bits per heavy atom. The van der Waals surface area contributed by atoms with Crippen LogP contribution >= 0.6 is 0 Å².